The van der Waals surface area contributed by atoms with Gasteiger partial charge in [0.1, 0.15) is 23.8 Å². The molecule has 1 aromatic rings. The van der Waals surface area contributed by atoms with Crippen molar-refractivity contribution in [3.05, 3.63) is 17.0 Å². The van der Waals surface area contributed by atoms with Crippen molar-refractivity contribution in [3.63, 3.8) is 0 Å². The van der Waals surface area contributed by atoms with E-state index in [1.807, 2.05) is 0 Å². The maximum Gasteiger partial charge on any atom is 0.407 e. The quantitative estimate of drug-likeness (QED) is 0.630. The molecule has 0 spiro atoms. The van der Waals surface area contributed by atoms with Crippen LogP contribution >= 0.6 is 11.6 Å². The summed E-state index contributed by atoms with van der Waals surface area (Å²) in [6.45, 7) is -1.29. The van der Waals surface area contributed by atoms with E-state index in [-0.39, 0.29) is 16.5 Å². The average Bonchev–Trinajstić information content (AvgIpc) is 2.08. The fraction of sp³-hybridized carbons (Fsp3) is 0.286. The molecule has 0 aliphatic carbocycles. The van der Waals surface area contributed by atoms with Crippen LogP contribution in [0.2, 0.25) is 5.15 Å². The zero-order valence-electron chi connectivity index (χ0n) is 7.29. The van der Waals surface area contributed by atoms with Crippen molar-refractivity contribution in [2.45, 2.75) is 6.18 Å². The van der Waals surface area contributed by atoms with Crippen LogP contribution in [0.5, 0.6) is 0 Å². The Morgan fingerprint density at radius 3 is 2.67 bits per heavy atom. The molecule has 2 N–H and O–H groups in total. The van der Waals surface area contributed by atoms with Crippen LogP contribution in [0, 0.1) is 0 Å². The first kappa shape index (κ1) is 11.7. The van der Waals surface area contributed by atoms with Gasteiger partial charge in [-0.3, -0.25) is 4.99 Å². The highest BCUT2D eigenvalue weighted by atomic mass is 35.5. The number of nitrogens with two attached hydrogens (primary N) is 1. The molecule has 0 radical (unpaired) electrons. The fourth-order valence-corrected chi connectivity index (χ4v) is 0.936. The Labute approximate surface area is 88.0 Å². The van der Waals surface area contributed by atoms with E-state index < -0.39 is 12.7 Å². The number of nitrogen functional groups attached to an aromatic ring is 1. The van der Waals surface area contributed by atoms with Crippen molar-refractivity contribution < 1.29 is 13.2 Å². The standard InChI is InChI=1S/C7H6ClF3N4/c8-5-4(6(12)15-3-14-5)1-13-2-7(9,10)11/h1,3H,2H2,(H2,12,14,15)/b13-1-. The third-order valence-corrected chi connectivity index (χ3v) is 1.66. The van der Waals surface area contributed by atoms with Gasteiger partial charge in [-0.2, -0.15) is 13.2 Å². The number of aromatic nitrogens is 2. The smallest absolute Gasteiger partial charge is 0.383 e. The minimum Gasteiger partial charge on any atom is -0.383 e. The van der Waals surface area contributed by atoms with Crippen molar-refractivity contribution >= 4 is 23.6 Å². The minimum absolute atomic E-state index is 0.0130. The first-order valence-electron chi connectivity index (χ1n) is 3.72. The molecule has 1 rings (SSSR count). The zero-order valence-corrected chi connectivity index (χ0v) is 8.05. The highest BCUT2D eigenvalue weighted by Gasteiger charge is 2.25. The molecular formula is C7H6ClF3N4. The summed E-state index contributed by atoms with van der Waals surface area (Å²) in [7, 11) is 0. The van der Waals surface area contributed by atoms with E-state index in [2.05, 4.69) is 15.0 Å². The summed E-state index contributed by atoms with van der Waals surface area (Å²) in [6, 6.07) is 0. The van der Waals surface area contributed by atoms with Crippen molar-refractivity contribution in [1.29, 1.82) is 0 Å². The van der Waals surface area contributed by atoms with Gasteiger partial charge >= 0.3 is 6.18 Å². The van der Waals surface area contributed by atoms with E-state index in [1.54, 1.807) is 0 Å². The average molecular weight is 239 g/mol. The first-order chi connectivity index (χ1) is 6.90. The molecule has 0 amide bonds. The van der Waals surface area contributed by atoms with Gasteiger partial charge in [0, 0.05) is 6.21 Å². The molecule has 0 unspecified atom stereocenters. The van der Waals surface area contributed by atoms with Crippen LogP contribution in [0.3, 0.4) is 0 Å². The van der Waals surface area contributed by atoms with Crippen LogP contribution in [0.4, 0.5) is 19.0 Å². The van der Waals surface area contributed by atoms with Crippen LogP contribution in [0.1, 0.15) is 5.56 Å². The number of aliphatic imine (C=N–C) groups is 1. The molecule has 0 aliphatic rings. The molecule has 0 bridgehead atoms. The summed E-state index contributed by atoms with van der Waals surface area (Å²) in [5.41, 5.74) is 5.45. The Morgan fingerprint density at radius 2 is 2.13 bits per heavy atom. The number of hydrogen-bond donors (Lipinski definition) is 1. The second kappa shape index (κ2) is 4.43. The molecule has 0 atom stereocenters. The van der Waals surface area contributed by atoms with Crippen molar-refractivity contribution in [2.75, 3.05) is 12.3 Å². The number of anilines is 1. The van der Waals surface area contributed by atoms with Crippen LogP contribution in [0.15, 0.2) is 11.3 Å². The lowest BCUT2D eigenvalue weighted by atomic mass is 10.3. The van der Waals surface area contributed by atoms with E-state index in [1.165, 1.54) is 0 Å². The van der Waals surface area contributed by atoms with Crippen molar-refractivity contribution in [3.8, 4) is 0 Å². The maximum absolute atomic E-state index is 11.8. The molecule has 4 nitrogen and oxygen atoms in total. The second-order valence-electron chi connectivity index (χ2n) is 2.55. The molecule has 1 aromatic heterocycles. The van der Waals surface area contributed by atoms with Crippen LogP contribution in [-0.4, -0.2) is 28.9 Å². The lowest BCUT2D eigenvalue weighted by molar-refractivity contribution is -0.118. The summed E-state index contributed by atoms with van der Waals surface area (Å²) < 4.78 is 35.3. The monoisotopic (exact) mass is 238 g/mol. The first-order valence-corrected chi connectivity index (χ1v) is 4.10. The van der Waals surface area contributed by atoms with Crippen LogP contribution < -0.4 is 5.73 Å². The highest BCUT2D eigenvalue weighted by molar-refractivity contribution is 6.32. The van der Waals surface area contributed by atoms with Gasteiger partial charge < -0.3 is 5.73 Å². The molecule has 82 valence electrons. The summed E-state index contributed by atoms with van der Waals surface area (Å²) in [5, 5.41) is -0.0339. The number of rotatable bonds is 2. The van der Waals surface area contributed by atoms with Gasteiger partial charge in [-0.1, -0.05) is 11.6 Å². The summed E-state index contributed by atoms with van der Waals surface area (Å²) in [5.74, 6) is -0.0130. The molecule has 1 heterocycles. The van der Waals surface area contributed by atoms with Gasteiger partial charge in [-0.25, -0.2) is 9.97 Å². The Bertz CT molecular complexity index is 357. The minimum atomic E-state index is -4.35. The SMILES string of the molecule is Nc1ncnc(Cl)c1/C=N\CC(F)(F)F. The van der Waals surface area contributed by atoms with Gasteiger partial charge in [0.15, 0.2) is 0 Å². The predicted octanol–water partition coefficient (Wildman–Crippen LogP) is 1.69. The third-order valence-electron chi connectivity index (χ3n) is 1.36. The number of hydrogen-bond acceptors (Lipinski definition) is 4. The largest absolute Gasteiger partial charge is 0.407 e. The van der Waals surface area contributed by atoms with Gasteiger partial charge in [-0.05, 0) is 0 Å². The number of nitrogens with zero attached hydrogens (tertiary/aromatic N) is 3. The maximum atomic E-state index is 11.8. The Hall–Kier alpha value is -1.37. The van der Waals surface area contributed by atoms with E-state index in [4.69, 9.17) is 17.3 Å². The Kier molecular flexibility index (Phi) is 3.46. The van der Waals surface area contributed by atoms with Gasteiger partial charge in [0.25, 0.3) is 0 Å². The molecule has 0 aliphatic heterocycles. The van der Waals surface area contributed by atoms with Gasteiger partial charge in [0.2, 0.25) is 0 Å². The molecule has 0 saturated carbocycles. The summed E-state index contributed by atoms with van der Waals surface area (Å²) in [4.78, 5) is 10.3. The van der Waals surface area contributed by atoms with Crippen molar-refractivity contribution in [2.24, 2.45) is 4.99 Å². The molecule has 8 heteroatoms. The van der Waals surface area contributed by atoms with Crippen LogP contribution in [-0.2, 0) is 0 Å². The van der Waals surface area contributed by atoms with Gasteiger partial charge in [-0.15, -0.1) is 0 Å². The number of halogens is 4. The van der Waals surface area contributed by atoms with E-state index in [0.717, 1.165) is 12.5 Å². The normalized spacial score (nSPS) is 12.3. The molecular weight excluding hydrogens is 233 g/mol. The molecule has 0 saturated heterocycles. The topological polar surface area (TPSA) is 64.2 Å². The second-order valence-corrected chi connectivity index (χ2v) is 2.91. The van der Waals surface area contributed by atoms with Crippen LogP contribution in [0.25, 0.3) is 0 Å². The van der Waals surface area contributed by atoms with E-state index >= 15 is 0 Å². The lowest BCUT2D eigenvalue weighted by Gasteiger charge is -2.02. The molecule has 0 fully saturated rings. The Balaban J connectivity index is 2.81. The lowest BCUT2D eigenvalue weighted by Crippen LogP contribution is -2.12. The predicted molar refractivity (Wildman–Crippen MR) is 50.0 cm³/mol. The number of alkyl halides is 3. The highest BCUT2D eigenvalue weighted by Crippen LogP contribution is 2.17. The van der Waals surface area contributed by atoms with E-state index in [0.29, 0.717) is 0 Å². The molecule has 0 aromatic carbocycles. The van der Waals surface area contributed by atoms with E-state index in [9.17, 15) is 13.2 Å². The third kappa shape index (κ3) is 3.70. The Morgan fingerprint density at radius 1 is 1.47 bits per heavy atom. The van der Waals surface area contributed by atoms with Crippen molar-refractivity contribution in [1.82, 2.24) is 9.97 Å². The summed E-state index contributed by atoms with van der Waals surface area (Å²) in [6.07, 6.45) is -2.34. The zero-order chi connectivity index (χ0) is 11.5. The fourth-order valence-electron chi connectivity index (χ4n) is 0.746. The molecule has 15 heavy (non-hydrogen) atoms. The summed E-state index contributed by atoms with van der Waals surface area (Å²) >= 11 is 5.58. The van der Waals surface area contributed by atoms with Gasteiger partial charge in [0.05, 0.1) is 5.56 Å².